The minimum atomic E-state index is -1.17. The van der Waals surface area contributed by atoms with Crippen LogP contribution in [-0.2, 0) is 4.79 Å². The molecular formula is C19H20N6O3S. The number of carbonyl (C=O) groups is 1. The molecule has 3 aromatic rings. The van der Waals surface area contributed by atoms with E-state index in [1.165, 1.54) is 18.4 Å². The average Bonchev–Trinajstić information content (AvgIpc) is 3.46. The maximum absolute atomic E-state index is 12.0. The number of hydrogen-bond donors (Lipinski definition) is 4. The van der Waals surface area contributed by atoms with Gasteiger partial charge in [-0.25, -0.2) is 15.0 Å². The number of aliphatic hydroxyl groups is 2. The number of nitrogens with one attached hydrogen (secondary N) is 2. The fourth-order valence-electron chi connectivity index (χ4n) is 3.59. The molecule has 1 amide bonds. The molecule has 3 aromatic heterocycles. The zero-order chi connectivity index (χ0) is 20.5. The normalized spacial score (nSPS) is 23.6. The van der Waals surface area contributed by atoms with Crippen LogP contribution in [0.2, 0.25) is 0 Å². The second-order valence-electron chi connectivity index (χ2n) is 6.70. The Morgan fingerprint density at radius 1 is 1.28 bits per heavy atom. The number of nitrogens with zero attached hydrogens (tertiary/aromatic N) is 4. The molecule has 9 nitrogen and oxygen atoms in total. The monoisotopic (exact) mass is 412 g/mol. The zero-order valence-electron chi connectivity index (χ0n) is 15.8. The Balaban J connectivity index is 1.76. The smallest absolute Gasteiger partial charge is 0.225 e. The summed E-state index contributed by atoms with van der Waals surface area (Å²) >= 11 is 1.53. The minimum Gasteiger partial charge on any atom is -0.390 e. The molecule has 0 unspecified atom stereocenters. The van der Waals surface area contributed by atoms with E-state index in [1.54, 1.807) is 17.9 Å². The van der Waals surface area contributed by atoms with Crippen LogP contribution in [0.25, 0.3) is 11.2 Å². The summed E-state index contributed by atoms with van der Waals surface area (Å²) in [5.74, 6) is 5.80. The third-order valence-electron chi connectivity index (χ3n) is 5.07. The van der Waals surface area contributed by atoms with Gasteiger partial charge in [-0.3, -0.25) is 4.79 Å². The van der Waals surface area contributed by atoms with Crippen LogP contribution in [0.4, 0.5) is 5.82 Å². The van der Waals surface area contributed by atoms with Crippen molar-refractivity contribution < 1.29 is 15.0 Å². The van der Waals surface area contributed by atoms with Gasteiger partial charge in [-0.1, -0.05) is 6.07 Å². The number of anilines is 1. The molecule has 4 atom stereocenters. The van der Waals surface area contributed by atoms with Crippen molar-refractivity contribution in [2.75, 3.05) is 19.4 Å². The predicted octanol–water partition coefficient (Wildman–Crippen LogP) is 0.358. The lowest BCUT2D eigenvalue weighted by atomic mass is 10.1. The highest BCUT2D eigenvalue weighted by Gasteiger charge is 2.46. The molecule has 1 aliphatic carbocycles. The molecule has 3 heterocycles. The van der Waals surface area contributed by atoms with Gasteiger partial charge in [-0.05, 0) is 29.7 Å². The summed E-state index contributed by atoms with van der Waals surface area (Å²) in [6.07, 6.45) is -0.476. The summed E-state index contributed by atoms with van der Waals surface area (Å²) in [6, 6.07) is 3.28. The third-order valence-corrected chi connectivity index (χ3v) is 5.85. The molecular weight excluding hydrogens is 392 g/mol. The van der Waals surface area contributed by atoms with Crippen molar-refractivity contribution in [1.82, 2.24) is 24.8 Å². The molecule has 0 bridgehead atoms. The summed E-state index contributed by atoms with van der Waals surface area (Å²) in [6.45, 7) is 0. The topological polar surface area (TPSA) is 125 Å². The first-order valence-electron chi connectivity index (χ1n) is 9.09. The number of fused-ring (bicyclic) bond motifs is 1. The fraction of sp³-hybridized carbons (Fsp3) is 0.368. The molecule has 1 fully saturated rings. The Morgan fingerprint density at radius 2 is 2.10 bits per heavy atom. The maximum atomic E-state index is 12.0. The van der Waals surface area contributed by atoms with Crippen LogP contribution in [0, 0.1) is 17.8 Å². The lowest BCUT2D eigenvalue weighted by molar-refractivity contribution is -0.128. The predicted molar refractivity (Wildman–Crippen MR) is 108 cm³/mol. The van der Waals surface area contributed by atoms with Crippen LogP contribution in [0.3, 0.4) is 0 Å². The number of aromatic nitrogens is 4. The Bertz CT molecular complexity index is 1100. The van der Waals surface area contributed by atoms with E-state index in [4.69, 9.17) is 0 Å². The lowest BCUT2D eigenvalue weighted by Crippen LogP contribution is -2.36. The van der Waals surface area contributed by atoms with Crippen molar-refractivity contribution in [3.05, 3.63) is 34.5 Å². The summed E-state index contributed by atoms with van der Waals surface area (Å²) in [5.41, 5.74) is 1.01. The van der Waals surface area contributed by atoms with Crippen molar-refractivity contribution in [2.45, 2.75) is 24.7 Å². The first-order valence-corrected chi connectivity index (χ1v) is 9.97. The summed E-state index contributed by atoms with van der Waals surface area (Å²) in [5, 5.41) is 28.4. The number of amides is 1. The number of carbonyl (C=O) groups excluding carboxylic acids is 1. The van der Waals surface area contributed by atoms with Crippen LogP contribution in [0.1, 0.15) is 23.2 Å². The van der Waals surface area contributed by atoms with E-state index in [-0.39, 0.29) is 12.3 Å². The second-order valence-corrected chi connectivity index (χ2v) is 7.65. The molecule has 10 heteroatoms. The van der Waals surface area contributed by atoms with Gasteiger partial charge >= 0.3 is 0 Å². The first-order chi connectivity index (χ1) is 14.0. The molecule has 0 radical (unpaired) electrons. The van der Waals surface area contributed by atoms with Crippen LogP contribution in [-0.4, -0.2) is 61.9 Å². The molecule has 4 rings (SSSR count). The van der Waals surface area contributed by atoms with Gasteiger partial charge in [0, 0.05) is 14.1 Å². The van der Waals surface area contributed by atoms with Crippen LogP contribution in [0.15, 0.2) is 23.8 Å². The SMILES string of the molecule is CNC(=O)[C@H]1C[C@@H](n2cnc3c(NC)nc(C#Cc4cccs4)nc32)[C@H](O)[C@@H]1O. The van der Waals surface area contributed by atoms with E-state index >= 15 is 0 Å². The van der Waals surface area contributed by atoms with E-state index in [0.717, 1.165) is 4.88 Å². The van der Waals surface area contributed by atoms with Crippen molar-refractivity contribution in [2.24, 2.45) is 5.92 Å². The lowest BCUT2D eigenvalue weighted by Gasteiger charge is -2.18. The van der Waals surface area contributed by atoms with Gasteiger partial charge in [0.1, 0.15) is 6.10 Å². The highest BCUT2D eigenvalue weighted by Crippen LogP contribution is 2.37. The number of hydrogen-bond acceptors (Lipinski definition) is 8. The third kappa shape index (κ3) is 3.44. The van der Waals surface area contributed by atoms with Gasteiger partial charge in [0.15, 0.2) is 17.0 Å². The number of aliphatic hydroxyl groups excluding tert-OH is 2. The van der Waals surface area contributed by atoms with Crippen LogP contribution < -0.4 is 10.6 Å². The van der Waals surface area contributed by atoms with Crippen LogP contribution in [0.5, 0.6) is 0 Å². The van der Waals surface area contributed by atoms with Gasteiger partial charge in [0.2, 0.25) is 11.7 Å². The molecule has 0 aliphatic heterocycles. The van der Waals surface area contributed by atoms with Gasteiger partial charge in [-0.2, -0.15) is 0 Å². The molecule has 1 aliphatic rings. The van der Waals surface area contributed by atoms with E-state index < -0.39 is 24.2 Å². The maximum Gasteiger partial charge on any atom is 0.225 e. The highest BCUT2D eigenvalue weighted by atomic mass is 32.1. The molecule has 150 valence electrons. The number of rotatable bonds is 3. The van der Waals surface area contributed by atoms with Crippen molar-refractivity contribution in [3.63, 3.8) is 0 Å². The number of thiophene rings is 1. The zero-order valence-corrected chi connectivity index (χ0v) is 16.6. The van der Waals surface area contributed by atoms with Gasteiger partial charge in [-0.15, -0.1) is 11.3 Å². The van der Waals surface area contributed by atoms with Gasteiger partial charge in [0.25, 0.3) is 0 Å². The average molecular weight is 412 g/mol. The minimum absolute atomic E-state index is 0.266. The second kappa shape index (κ2) is 7.79. The van der Waals surface area contributed by atoms with E-state index in [1.807, 2.05) is 17.5 Å². The summed E-state index contributed by atoms with van der Waals surface area (Å²) < 4.78 is 1.69. The number of imidazole rings is 1. The van der Waals surface area contributed by atoms with Gasteiger partial charge < -0.3 is 25.4 Å². The summed E-state index contributed by atoms with van der Waals surface area (Å²) in [4.78, 5) is 26.2. The molecule has 0 aromatic carbocycles. The highest BCUT2D eigenvalue weighted by molar-refractivity contribution is 7.10. The molecule has 29 heavy (non-hydrogen) atoms. The first kappa shape index (κ1) is 19.3. The van der Waals surface area contributed by atoms with E-state index in [9.17, 15) is 15.0 Å². The van der Waals surface area contributed by atoms with E-state index in [0.29, 0.717) is 22.8 Å². The van der Waals surface area contributed by atoms with Crippen molar-refractivity contribution in [1.29, 1.82) is 0 Å². The van der Waals surface area contributed by atoms with Crippen molar-refractivity contribution in [3.8, 4) is 11.8 Å². The Hall–Kier alpha value is -3.00. The quantitative estimate of drug-likeness (QED) is 0.458. The molecule has 0 spiro atoms. The van der Waals surface area contributed by atoms with Crippen molar-refractivity contribution >= 4 is 34.2 Å². The van der Waals surface area contributed by atoms with Gasteiger partial charge in [0.05, 0.1) is 29.3 Å². The Labute approximate surface area is 170 Å². The standard InChI is InChI=1S/C19H20N6O3S/c1-20-17-14-18(24-13(23-17)6-5-10-4-3-7-29-10)25(9-22-14)12-8-11(19(28)21-2)15(26)16(12)27/h3-4,7,9,11-12,15-16,26-27H,8H2,1-2H3,(H,21,28)(H,20,23,24)/t11-,12+,15+,16-/m0/s1. The Morgan fingerprint density at radius 3 is 2.79 bits per heavy atom. The fourth-order valence-corrected chi connectivity index (χ4v) is 4.16. The Kier molecular flexibility index (Phi) is 5.19. The van der Waals surface area contributed by atoms with E-state index in [2.05, 4.69) is 37.4 Å². The summed E-state index contributed by atoms with van der Waals surface area (Å²) in [7, 11) is 3.24. The molecule has 0 saturated heterocycles. The molecule has 4 N–H and O–H groups in total. The largest absolute Gasteiger partial charge is 0.390 e. The van der Waals surface area contributed by atoms with Crippen LogP contribution >= 0.6 is 11.3 Å². The molecule has 1 saturated carbocycles.